The number of amides is 1. The molecule has 2 unspecified atom stereocenters. The van der Waals surface area contributed by atoms with Crippen LogP contribution in [0.3, 0.4) is 0 Å². The highest BCUT2D eigenvalue weighted by Crippen LogP contribution is 2.35. The van der Waals surface area contributed by atoms with Gasteiger partial charge in [0.1, 0.15) is 12.4 Å². The topological polar surface area (TPSA) is 47.6 Å². The van der Waals surface area contributed by atoms with Gasteiger partial charge in [-0.25, -0.2) is 0 Å². The number of alkyl halides is 1. The van der Waals surface area contributed by atoms with E-state index < -0.39 is 0 Å². The average molecular weight is 340 g/mol. The zero-order chi connectivity index (χ0) is 13.9. The second-order valence-electron chi connectivity index (χ2n) is 5.17. The largest absolute Gasteiger partial charge is 0.491 e. The van der Waals surface area contributed by atoms with Gasteiger partial charge in [-0.3, -0.25) is 4.79 Å². The van der Waals surface area contributed by atoms with E-state index in [2.05, 4.69) is 21.2 Å². The molecule has 0 spiro atoms. The lowest BCUT2D eigenvalue weighted by Crippen LogP contribution is -2.25. The summed E-state index contributed by atoms with van der Waals surface area (Å²) in [5.74, 6) is 0.594. The third kappa shape index (κ3) is 2.83. The molecule has 108 valence electrons. The van der Waals surface area contributed by atoms with E-state index in [0.29, 0.717) is 24.5 Å². The van der Waals surface area contributed by atoms with Crippen LogP contribution in [-0.4, -0.2) is 31.8 Å². The van der Waals surface area contributed by atoms with Crippen LogP contribution in [-0.2, 0) is 4.74 Å². The van der Waals surface area contributed by atoms with Gasteiger partial charge < -0.3 is 14.8 Å². The fourth-order valence-corrected chi connectivity index (χ4v) is 3.36. The van der Waals surface area contributed by atoms with Crippen molar-refractivity contribution in [3.8, 4) is 5.75 Å². The number of rotatable bonds is 2. The van der Waals surface area contributed by atoms with Crippen molar-refractivity contribution in [3.05, 3.63) is 29.3 Å². The van der Waals surface area contributed by atoms with Gasteiger partial charge in [0.15, 0.2) is 0 Å². The van der Waals surface area contributed by atoms with Crippen LogP contribution < -0.4 is 10.1 Å². The van der Waals surface area contributed by atoms with Crippen molar-refractivity contribution < 1.29 is 14.3 Å². The lowest BCUT2D eigenvalue weighted by atomic mass is 9.99. The molecule has 3 rings (SSSR count). The molecule has 0 aromatic heterocycles. The third-order valence-electron chi connectivity index (χ3n) is 3.75. The van der Waals surface area contributed by atoms with Crippen LogP contribution in [0.4, 0.5) is 0 Å². The molecule has 4 nitrogen and oxygen atoms in total. The first kappa shape index (κ1) is 13.9. The van der Waals surface area contributed by atoms with Crippen LogP contribution in [0.15, 0.2) is 18.2 Å². The molecule has 0 aliphatic carbocycles. The number of halogens is 1. The number of fused-ring (bicyclic) bond motifs is 1. The summed E-state index contributed by atoms with van der Waals surface area (Å²) in [5.41, 5.74) is 1.68. The number of hydrogen-bond acceptors (Lipinski definition) is 3. The molecule has 1 saturated heterocycles. The van der Waals surface area contributed by atoms with Gasteiger partial charge >= 0.3 is 0 Å². The fraction of sp³-hybridized carbons (Fsp3) is 0.533. The summed E-state index contributed by atoms with van der Waals surface area (Å²) in [4.78, 5) is 12.1. The molecule has 5 heteroatoms. The summed E-state index contributed by atoms with van der Waals surface area (Å²) in [6.45, 7) is 1.88. The van der Waals surface area contributed by atoms with Crippen molar-refractivity contribution in [1.82, 2.24) is 5.32 Å². The summed E-state index contributed by atoms with van der Waals surface area (Å²) >= 11 is 3.72. The molecule has 1 aromatic carbocycles. The lowest BCUT2D eigenvalue weighted by Gasteiger charge is -2.27. The standard InChI is InChI=1S/C15H18BrNO3/c16-14(13-3-1-2-7-19-13)10-4-5-12-11(9-10)15(18)17-6-8-20-12/h4-5,9,13-14H,1-3,6-8H2,(H,17,18). The van der Waals surface area contributed by atoms with Crippen LogP contribution in [0.5, 0.6) is 5.75 Å². The Bertz CT molecular complexity index is 500. The number of carbonyl (C=O) groups is 1. The first-order valence-corrected chi connectivity index (χ1v) is 7.98. The molecule has 0 bridgehead atoms. The van der Waals surface area contributed by atoms with E-state index in [1.54, 1.807) is 0 Å². The summed E-state index contributed by atoms with van der Waals surface area (Å²) in [6.07, 6.45) is 3.56. The van der Waals surface area contributed by atoms with Crippen LogP contribution in [0.1, 0.15) is 40.0 Å². The van der Waals surface area contributed by atoms with E-state index in [-0.39, 0.29) is 16.8 Å². The smallest absolute Gasteiger partial charge is 0.255 e. The summed E-state index contributed by atoms with van der Waals surface area (Å²) in [6, 6.07) is 5.80. The Hall–Kier alpha value is -1.07. The summed E-state index contributed by atoms with van der Waals surface area (Å²) in [7, 11) is 0. The Morgan fingerprint density at radius 1 is 1.30 bits per heavy atom. The zero-order valence-corrected chi connectivity index (χ0v) is 12.8. The van der Waals surface area contributed by atoms with Crippen molar-refractivity contribution in [1.29, 1.82) is 0 Å². The van der Waals surface area contributed by atoms with E-state index in [9.17, 15) is 4.79 Å². The summed E-state index contributed by atoms with van der Waals surface area (Å²) < 4.78 is 11.4. The number of nitrogens with one attached hydrogen (secondary N) is 1. The number of benzene rings is 1. The second kappa shape index (κ2) is 6.14. The first-order valence-electron chi connectivity index (χ1n) is 7.06. The van der Waals surface area contributed by atoms with Gasteiger partial charge in [-0.05, 0) is 37.0 Å². The molecule has 1 N–H and O–H groups in total. The normalized spacial score (nSPS) is 24.1. The van der Waals surface area contributed by atoms with Gasteiger partial charge in [-0.2, -0.15) is 0 Å². The minimum atomic E-state index is -0.0661. The minimum Gasteiger partial charge on any atom is -0.491 e. The monoisotopic (exact) mass is 339 g/mol. The minimum absolute atomic E-state index is 0.0661. The molecular weight excluding hydrogens is 322 g/mol. The van der Waals surface area contributed by atoms with Gasteiger partial charge in [0.2, 0.25) is 0 Å². The van der Waals surface area contributed by atoms with Crippen molar-refractivity contribution in [2.45, 2.75) is 30.2 Å². The maximum absolute atomic E-state index is 12.0. The van der Waals surface area contributed by atoms with E-state index in [0.717, 1.165) is 25.0 Å². The van der Waals surface area contributed by atoms with E-state index in [1.807, 2.05) is 18.2 Å². The van der Waals surface area contributed by atoms with Gasteiger partial charge in [0.05, 0.1) is 23.0 Å². The molecule has 0 radical (unpaired) electrons. The van der Waals surface area contributed by atoms with E-state index >= 15 is 0 Å². The predicted octanol–water partition coefficient (Wildman–Crippen LogP) is 2.81. The number of carbonyl (C=O) groups excluding carboxylic acids is 1. The van der Waals surface area contributed by atoms with Gasteiger partial charge in [0.25, 0.3) is 5.91 Å². The highest BCUT2D eigenvalue weighted by atomic mass is 79.9. The van der Waals surface area contributed by atoms with Crippen molar-refractivity contribution >= 4 is 21.8 Å². The molecule has 2 atom stereocenters. The van der Waals surface area contributed by atoms with Gasteiger partial charge in [0, 0.05) is 6.61 Å². The third-order valence-corrected chi connectivity index (χ3v) is 4.87. The highest BCUT2D eigenvalue weighted by molar-refractivity contribution is 9.09. The Labute approximate surface area is 127 Å². The van der Waals surface area contributed by atoms with Crippen LogP contribution in [0, 0.1) is 0 Å². The first-order chi connectivity index (χ1) is 9.75. The van der Waals surface area contributed by atoms with Gasteiger partial charge in [-0.15, -0.1) is 0 Å². The SMILES string of the molecule is O=C1NCCOc2ccc(C(Br)C3CCCCO3)cc21. The number of ether oxygens (including phenoxy) is 2. The van der Waals surface area contributed by atoms with Crippen molar-refractivity contribution in [2.24, 2.45) is 0 Å². The molecule has 0 saturated carbocycles. The number of hydrogen-bond donors (Lipinski definition) is 1. The van der Waals surface area contributed by atoms with E-state index in [4.69, 9.17) is 9.47 Å². The molecule has 1 aromatic rings. The fourth-order valence-electron chi connectivity index (χ4n) is 2.65. The average Bonchev–Trinajstić information content (AvgIpc) is 2.69. The molecular formula is C15H18BrNO3. The maximum atomic E-state index is 12.0. The van der Waals surface area contributed by atoms with Gasteiger partial charge in [-0.1, -0.05) is 22.0 Å². The Kier molecular flexibility index (Phi) is 4.27. The molecule has 2 aliphatic heterocycles. The van der Waals surface area contributed by atoms with E-state index in [1.165, 1.54) is 6.42 Å². The predicted molar refractivity (Wildman–Crippen MR) is 79.5 cm³/mol. The van der Waals surface area contributed by atoms with Crippen LogP contribution in [0.25, 0.3) is 0 Å². The van der Waals surface area contributed by atoms with Crippen LogP contribution in [0.2, 0.25) is 0 Å². The maximum Gasteiger partial charge on any atom is 0.255 e. The Balaban J connectivity index is 1.85. The molecule has 2 aliphatic rings. The Morgan fingerprint density at radius 3 is 3.00 bits per heavy atom. The summed E-state index contributed by atoms with van der Waals surface area (Å²) in [5, 5.41) is 2.84. The highest BCUT2D eigenvalue weighted by Gasteiger charge is 2.25. The zero-order valence-electron chi connectivity index (χ0n) is 11.2. The van der Waals surface area contributed by atoms with Crippen molar-refractivity contribution in [3.63, 3.8) is 0 Å². The van der Waals surface area contributed by atoms with Crippen molar-refractivity contribution in [2.75, 3.05) is 19.8 Å². The molecule has 2 heterocycles. The second-order valence-corrected chi connectivity index (χ2v) is 6.15. The lowest BCUT2D eigenvalue weighted by molar-refractivity contribution is 0.0160. The Morgan fingerprint density at radius 2 is 2.20 bits per heavy atom. The molecule has 20 heavy (non-hydrogen) atoms. The quantitative estimate of drug-likeness (QED) is 0.843. The molecule has 1 fully saturated rings. The van der Waals surface area contributed by atoms with Crippen LogP contribution >= 0.6 is 15.9 Å². The molecule has 1 amide bonds.